The number of aliphatic hydroxyl groups is 1. The van der Waals surface area contributed by atoms with Gasteiger partial charge in [-0.1, -0.05) is 13.3 Å². The van der Waals surface area contributed by atoms with Gasteiger partial charge in [0.15, 0.2) is 0 Å². The SMILES string of the molecule is CCC1CCCN(c2cnccc2CO)C1. The second-order valence-electron chi connectivity index (χ2n) is 4.53. The van der Waals surface area contributed by atoms with Gasteiger partial charge in [-0.2, -0.15) is 0 Å². The molecule has 1 N–H and O–H groups in total. The first kappa shape index (κ1) is 11.4. The van der Waals surface area contributed by atoms with Crippen molar-refractivity contribution in [2.75, 3.05) is 18.0 Å². The van der Waals surface area contributed by atoms with Crippen molar-refractivity contribution in [3.8, 4) is 0 Å². The Bertz CT molecular complexity index is 340. The number of nitrogens with zero attached hydrogens (tertiary/aromatic N) is 2. The number of anilines is 1. The second-order valence-corrected chi connectivity index (χ2v) is 4.53. The van der Waals surface area contributed by atoms with E-state index in [1.54, 1.807) is 6.20 Å². The van der Waals surface area contributed by atoms with Gasteiger partial charge >= 0.3 is 0 Å². The van der Waals surface area contributed by atoms with Crippen molar-refractivity contribution in [1.29, 1.82) is 0 Å². The minimum Gasteiger partial charge on any atom is -0.392 e. The Labute approximate surface area is 97.1 Å². The number of aliphatic hydroxyl groups excluding tert-OH is 1. The molecule has 88 valence electrons. The molecule has 0 spiro atoms. The van der Waals surface area contributed by atoms with Gasteiger partial charge in [0.25, 0.3) is 0 Å². The van der Waals surface area contributed by atoms with Crippen molar-refractivity contribution < 1.29 is 5.11 Å². The quantitative estimate of drug-likeness (QED) is 0.848. The van der Waals surface area contributed by atoms with Crippen LogP contribution in [0.5, 0.6) is 0 Å². The fourth-order valence-corrected chi connectivity index (χ4v) is 2.45. The van der Waals surface area contributed by atoms with Crippen LogP contribution in [0.1, 0.15) is 31.7 Å². The summed E-state index contributed by atoms with van der Waals surface area (Å²) in [6.07, 6.45) is 7.45. The molecule has 1 aromatic heterocycles. The van der Waals surface area contributed by atoms with Gasteiger partial charge in [0.2, 0.25) is 0 Å². The van der Waals surface area contributed by atoms with E-state index >= 15 is 0 Å². The lowest BCUT2D eigenvalue weighted by atomic mass is 9.95. The highest BCUT2D eigenvalue weighted by molar-refractivity contribution is 5.51. The lowest BCUT2D eigenvalue weighted by Crippen LogP contribution is -2.35. The topological polar surface area (TPSA) is 36.4 Å². The van der Waals surface area contributed by atoms with E-state index in [0.717, 1.165) is 30.3 Å². The molecule has 16 heavy (non-hydrogen) atoms. The van der Waals surface area contributed by atoms with Crippen LogP contribution in [-0.4, -0.2) is 23.2 Å². The maximum atomic E-state index is 9.32. The van der Waals surface area contributed by atoms with Crippen LogP contribution in [0.2, 0.25) is 0 Å². The Kier molecular flexibility index (Phi) is 3.78. The molecule has 0 aliphatic carbocycles. The van der Waals surface area contributed by atoms with Gasteiger partial charge in [0, 0.05) is 24.8 Å². The van der Waals surface area contributed by atoms with Crippen molar-refractivity contribution >= 4 is 5.69 Å². The van der Waals surface area contributed by atoms with E-state index in [0.29, 0.717) is 0 Å². The molecule has 1 aliphatic heterocycles. The standard InChI is InChI=1S/C13H20N2O/c1-2-11-4-3-7-15(9-11)13-8-14-6-5-12(13)10-16/h5-6,8,11,16H,2-4,7,9-10H2,1H3. The van der Waals surface area contributed by atoms with Crippen LogP contribution in [0.4, 0.5) is 5.69 Å². The number of pyridine rings is 1. The Morgan fingerprint density at radius 1 is 1.56 bits per heavy atom. The third-order valence-corrected chi connectivity index (χ3v) is 3.49. The first-order chi connectivity index (χ1) is 7.85. The average molecular weight is 220 g/mol. The number of rotatable bonds is 3. The van der Waals surface area contributed by atoms with Crippen LogP contribution in [0.25, 0.3) is 0 Å². The Hall–Kier alpha value is -1.09. The molecule has 0 saturated carbocycles. The van der Waals surface area contributed by atoms with E-state index in [1.807, 2.05) is 12.3 Å². The van der Waals surface area contributed by atoms with E-state index in [-0.39, 0.29) is 6.61 Å². The van der Waals surface area contributed by atoms with Crippen LogP contribution in [-0.2, 0) is 6.61 Å². The van der Waals surface area contributed by atoms with E-state index in [9.17, 15) is 5.11 Å². The largest absolute Gasteiger partial charge is 0.392 e. The first-order valence-corrected chi connectivity index (χ1v) is 6.13. The number of aromatic nitrogens is 1. The zero-order valence-electron chi connectivity index (χ0n) is 9.89. The molecule has 2 heterocycles. The van der Waals surface area contributed by atoms with Gasteiger partial charge in [-0.25, -0.2) is 0 Å². The fraction of sp³-hybridized carbons (Fsp3) is 0.615. The predicted molar refractivity (Wildman–Crippen MR) is 65.4 cm³/mol. The van der Waals surface area contributed by atoms with Crippen molar-refractivity contribution in [2.24, 2.45) is 5.92 Å². The third kappa shape index (κ3) is 2.35. The molecule has 0 bridgehead atoms. The summed E-state index contributed by atoms with van der Waals surface area (Å²) in [6.45, 7) is 4.56. The zero-order valence-corrected chi connectivity index (χ0v) is 9.89. The molecule has 0 radical (unpaired) electrons. The molecule has 3 heteroatoms. The van der Waals surface area contributed by atoms with Crippen LogP contribution in [0.15, 0.2) is 18.5 Å². The van der Waals surface area contributed by atoms with Gasteiger partial charge in [0.1, 0.15) is 0 Å². The Balaban J connectivity index is 2.16. The number of hydrogen-bond donors (Lipinski definition) is 1. The molecule has 0 amide bonds. The Morgan fingerprint density at radius 3 is 3.19 bits per heavy atom. The molecule has 3 nitrogen and oxygen atoms in total. The van der Waals surface area contributed by atoms with Gasteiger partial charge in [0.05, 0.1) is 18.5 Å². The summed E-state index contributed by atoms with van der Waals surface area (Å²) in [5, 5.41) is 9.32. The molecule has 0 aromatic carbocycles. The van der Waals surface area contributed by atoms with E-state index in [2.05, 4.69) is 16.8 Å². The maximum Gasteiger partial charge on any atom is 0.0703 e. The summed E-state index contributed by atoms with van der Waals surface area (Å²) in [5.74, 6) is 0.792. The highest BCUT2D eigenvalue weighted by Gasteiger charge is 2.20. The molecule has 1 aliphatic rings. The van der Waals surface area contributed by atoms with E-state index in [1.165, 1.54) is 19.3 Å². The molecule has 2 rings (SSSR count). The van der Waals surface area contributed by atoms with Crippen LogP contribution < -0.4 is 4.90 Å². The predicted octanol–water partition coefficient (Wildman–Crippen LogP) is 2.20. The summed E-state index contributed by atoms with van der Waals surface area (Å²) in [7, 11) is 0. The summed E-state index contributed by atoms with van der Waals surface area (Å²) in [6, 6.07) is 1.91. The molecule has 1 fully saturated rings. The lowest BCUT2D eigenvalue weighted by molar-refractivity contribution is 0.281. The molecule has 1 aromatic rings. The van der Waals surface area contributed by atoms with Crippen LogP contribution >= 0.6 is 0 Å². The normalized spacial score (nSPS) is 21.1. The highest BCUT2D eigenvalue weighted by atomic mass is 16.3. The fourth-order valence-electron chi connectivity index (χ4n) is 2.45. The van der Waals surface area contributed by atoms with E-state index in [4.69, 9.17) is 0 Å². The van der Waals surface area contributed by atoms with Crippen molar-refractivity contribution in [3.63, 3.8) is 0 Å². The molecule has 1 saturated heterocycles. The monoisotopic (exact) mass is 220 g/mol. The maximum absolute atomic E-state index is 9.32. The molecular formula is C13H20N2O. The number of piperidine rings is 1. The van der Waals surface area contributed by atoms with Crippen molar-refractivity contribution in [3.05, 3.63) is 24.0 Å². The minimum absolute atomic E-state index is 0.102. The van der Waals surface area contributed by atoms with E-state index < -0.39 is 0 Å². The van der Waals surface area contributed by atoms with Crippen LogP contribution in [0, 0.1) is 5.92 Å². The minimum atomic E-state index is 0.102. The first-order valence-electron chi connectivity index (χ1n) is 6.13. The molecule has 1 atom stereocenters. The Morgan fingerprint density at radius 2 is 2.44 bits per heavy atom. The summed E-state index contributed by atoms with van der Waals surface area (Å²) in [5.41, 5.74) is 2.11. The van der Waals surface area contributed by atoms with Gasteiger partial charge in [-0.3, -0.25) is 4.98 Å². The van der Waals surface area contributed by atoms with Gasteiger partial charge in [-0.05, 0) is 24.8 Å². The van der Waals surface area contributed by atoms with Gasteiger partial charge in [-0.15, -0.1) is 0 Å². The average Bonchev–Trinajstić information content (AvgIpc) is 2.38. The highest BCUT2D eigenvalue weighted by Crippen LogP contribution is 2.26. The van der Waals surface area contributed by atoms with Gasteiger partial charge < -0.3 is 10.0 Å². The second kappa shape index (κ2) is 5.30. The van der Waals surface area contributed by atoms with Crippen molar-refractivity contribution in [2.45, 2.75) is 32.8 Å². The molecular weight excluding hydrogens is 200 g/mol. The molecule has 1 unspecified atom stereocenters. The number of hydrogen-bond acceptors (Lipinski definition) is 3. The smallest absolute Gasteiger partial charge is 0.0703 e. The van der Waals surface area contributed by atoms with Crippen LogP contribution in [0.3, 0.4) is 0 Å². The summed E-state index contributed by atoms with van der Waals surface area (Å²) >= 11 is 0. The summed E-state index contributed by atoms with van der Waals surface area (Å²) in [4.78, 5) is 6.54. The van der Waals surface area contributed by atoms with Crippen molar-refractivity contribution in [1.82, 2.24) is 4.98 Å². The summed E-state index contributed by atoms with van der Waals surface area (Å²) < 4.78 is 0. The lowest BCUT2D eigenvalue weighted by Gasteiger charge is -2.34. The third-order valence-electron chi connectivity index (χ3n) is 3.49. The zero-order chi connectivity index (χ0) is 11.4.